The van der Waals surface area contributed by atoms with Crippen molar-refractivity contribution in [2.75, 3.05) is 20.3 Å². The zero-order valence-corrected chi connectivity index (χ0v) is 13.9. The molecule has 136 valence electrons. The Morgan fingerprint density at radius 3 is 1.82 bits per heavy atom. The number of unbranched alkanes of at least 4 members (excludes halogenated alkanes) is 9. The number of methoxy groups -OCH3 is 1. The predicted molar refractivity (Wildman–Crippen MR) is 102 cm³/mol. The van der Waals surface area contributed by atoms with Gasteiger partial charge >= 0.3 is 0 Å². The fourth-order valence-corrected chi connectivity index (χ4v) is 2.41. The van der Waals surface area contributed by atoms with Crippen molar-refractivity contribution in [2.24, 2.45) is 0 Å². The van der Waals surface area contributed by atoms with Gasteiger partial charge in [-0.25, -0.2) is 0 Å². The molecule has 0 bridgehead atoms. The van der Waals surface area contributed by atoms with E-state index in [0.29, 0.717) is 13.2 Å². The Morgan fingerprint density at radius 2 is 1.36 bits per heavy atom. The Morgan fingerprint density at radius 1 is 0.864 bits per heavy atom. The van der Waals surface area contributed by atoms with Gasteiger partial charge in [-0.15, -0.1) is 6.58 Å². The van der Waals surface area contributed by atoms with Crippen molar-refractivity contribution in [2.45, 2.75) is 98.5 Å². The molecule has 0 rings (SSSR count). The minimum atomic E-state index is 0. The quantitative estimate of drug-likeness (QED) is 0.230. The molecular formula is C20H44O2. The van der Waals surface area contributed by atoms with E-state index in [9.17, 15) is 0 Å². The largest absolute Gasteiger partial charge is 0.379 e. The monoisotopic (exact) mass is 316 g/mol. The molecule has 2 nitrogen and oxygen atoms in total. The molecule has 0 fully saturated rings. The third kappa shape index (κ3) is 19.7. The van der Waals surface area contributed by atoms with Crippen LogP contribution in [-0.2, 0) is 9.47 Å². The van der Waals surface area contributed by atoms with E-state index in [1.165, 1.54) is 64.2 Å². The summed E-state index contributed by atoms with van der Waals surface area (Å²) < 4.78 is 10.9. The third-order valence-corrected chi connectivity index (χ3v) is 3.75. The Balaban J connectivity index is -0.00000180. The Hall–Kier alpha value is -0.340. The summed E-state index contributed by atoms with van der Waals surface area (Å²) in [6, 6.07) is 0. The van der Waals surface area contributed by atoms with Crippen molar-refractivity contribution in [3.63, 3.8) is 0 Å². The molecule has 0 spiro atoms. The van der Waals surface area contributed by atoms with E-state index >= 15 is 0 Å². The Kier molecular flexibility index (Phi) is 27.7. The molecule has 0 heterocycles. The second kappa shape index (κ2) is 22.9. The molecule has 0 saturated heterocycles. The van der Waals surface area contributed by atoms with E-state index in [4.69, 9.17) is 9.47 Å². The van der Waals surface area contributed by atoms with Crippen molar-refractivity contribution in [1.82, 2.24) is 0 Å². The van der Waals surface area contributed by atoms with Crippen LogP contribution in [0.15, 0.2) is 12.7 Å². The summed E-state index contributed by atoms with van der Waals surface area (Å²) in [7, 11) is 1.78. The summed E-state index contributed by atoms with van der Waals surface area (Å²) in [5.41, 5.74) is 0. The zero-order valence-electron chi connectivity index (χ0n) is 13.9. The molecule has 0 saturated carbocycles. The molecule has 0 amide bonds. The molecule has 0 aliphatic rings. The molecule has 22 heavy (non-hydrogen) atoms. The van der Waals surface area contributed by atoms with Crippen LogP contribution in [0.4, 0.5) is 0 Å². The molecule has 0 N–H and O–H groups in total. The van der Waals surface area contributed by atoms with Gasteiger partial charge in [0.15, 0.2) is 0 Å². The first-order valence-electron chi connectivity index (χ1n) is 8.56. The van der Waals surface area contributed by atoms with Crippen LogP contribution in [0.3, 0.4) is 0 Å². The predicted octanol–water partition coefficient (Wildman–Crippen LogP) is 6.79. The molecular weight excluding hydrogens is 272 g/mol. The van der Waals surface area contributed by atoms with Crippen LogP contribution in [-0.4, -0.2) is 26.4 Å². The van der Waals surface area contributed by atoms with Gasteiger partial charge in [-0.2, -0.15) is 0 Å². The van der Waals surface area contributed by atoms with Gasteiger partial charge in [0.2, 0.25) is 0 Å². The Labute approximate surface area is 141 Å². The standard InChI is InChI=1S/C18H36O2.2CH4/c1-4-6-7-8-9-10-11-12-13-14-15-18(19-3)17-20-16-5-2;;/h5,18H,2,4,6-17H2,1,3H3;2*1H4. The van der Waals surface area contributed by atoms with Crippen LogP contribution in [0, 0.1) is 0 Å². The minimum Gasteiger partial charge on any atom is -0.379 e. The van der Waals surface area contributed by atoms with Crippen LogP contribution < -0.4 is 0 Å². The number of rotatable bonds is 16. The van der Waals surface area contributed by atoms with Gasteiger partial charge in [0.25, 0.3) is 0 Å². The van der Waals surface area contributed by atoms with Crippen LogP contribution >= 0.6 is 0 Å². The van der Waals surface area contributed by atoms with Gasteiger partial charge in [0.05, 0.1) is 19.3 Å². The second-order valence-electron chi connectivity index (χ2n) is 5.65. The van der Waals surface area contributed by atoms with E-state index in [1.807, 2.05) is 0 Å². The van der Waals surface area contributed by atoms with Crippen molar-refractivity contribution in [1.29, 1.82) is 0 Å². The van der Waals surface area contributed by atoms with E-state index in [-0.39, 0.29) is 21.0 Å². The molecule has 2 heteroatoms. The average Bonchev–Trinajstić information content (AvgIpc) is 2.47. The second-order valence-corrected chi connectivity index (χ2v) is 5.65. The maximum absolute atomic E-state index is 5.44. The van der Waals surface area contributed by atoms with Gasteiger partial charge in [-0.05, 0) is 6.42 Å². The molecule has 1 atom stereocenters. The van der Waals surface area contributed by atoms with Crippen molar-refractivity contribution >= 4 is 0 Å². The molecule has 0 aromatic carbocycles. The molecule has 0 aromatic heterocycles. The lowest BCUT2D eigenvalue weighted by Crippen LogP contribution is -2.18. The first kappa shape index (κ1) is 26.6. The fraction of sp³-hybridized carbons (Fsp3) is 0.900. The van der Waals surface area contributed by atoms with Crippen LogP contribution in [0.2, 0.25) is 0 Å². The highest BCUT2D eigenvalue weighted by atomic mass is 16.5. The lowest BCUT2D eigenvalue weighted by Gasteiger charge is -2.14. The average molecular weight is 317 g/mol. The molecule has 0 aliphatic carbocycles. The van der Waals surface area contributed by atoms with Gasteiger partial charge < -0.3 is 9.47 Å². The topological polar surface area (TPSA) is 18.5 Å². The van der Waals surface area contributed by atoms with Crippen molar-refractivity contribution in [3.8, 4) is 0 Å². The van der Waals surface area contributed by atoms with Gasteiger partial charge in [0, 0.05) is 7.11 Å². The molecule has 0 radical (unpaired) electrons. The van der Waals surface area contributed by atoms with Crippen LogP contribution in [0.1, 0.15) is 92.4 Å². The normalized spacial score (nSPS) is 11.4. The molecule has 1 unspecified atom stereocenters. The summed E-state index contributed by atoms with van der Waals surface area (Å²) in [5.74, 6) is 0. The first-order valence-corrected chi connectivity index (χ1v) is 8.56. The smallest absolute Gasteiger partial charge is 0.0804 e. The van der Waals surface area contributed by atoms with Gasteiger partial charge in [-0.3, -0.25) is 0 Å². The van der Waals surface area contributed by atoms with E-state index in [1.54, 1.807) is 13.2 Å². The fourth-order valence-electron chi connectivity index (χ4n) is 2.41. The van der Waals surface area contributed by atoms with E-state index in [0.717, 1.165) is 6.42 Å². The summed E-state index contributed by atoms with van der Waals surface area (Å²) >= 11 is 0. The number of ether oxygens (including phenoxy) is 2. The summed E-state index contributed by atoms with van der Waals surface area (Å²) in [6.07, 6.45) is 17.0. The highest BCUT2D eigenvalue weighted by molar-refractivity contribution is 4.65. The maximum Gasteiger partial charge on any atom is 0.0804 e. The Bertz CT molecular complexity index is 192. The molecule has 0 aromatic rings. The van der Waals surface area contributed by atoms with Crippen LogP contribution in [0.25, 0.3) is 0 Å². The van der Waals surface area contributed by atoms with Gasteiger partial charge in [-0.1, -0.05) is 92.1 Å². The third-order valence-electron chi connectivity index (χ3n) is 3.75. The highest BCUT2D eigenvalue weighted by Crippen LogP contribution is 2.12. The lowest BCUT2D eigenvalue weighted by molar-refractivity contribution is 0.0117. The maximum atomic E-state index is 5.44. The van der Waals surface area contributed by atoms with E-state index in [2.05, 4.69) is 13.5 Å². The summed E-state index contributed by atoms with van der Waals surface area (Å²) in [5, 5.41) is 0. The lowest BCUT2D eigenvalue weighted by atomic mass is 10.0. The first-order chi connectivity index (χ1) is 9.85. The molecule has 0 aliphatic heterocycles. The van der Waals surface area contributed by atoms with Crippen molar-refractivity contribution < 1.29 is 9.47 Å². The SMILES string of the molecule is C.C.C=CCOCC(CCCCCCCCCCCC)OC. The summed E-state index contributed by atoms with van der Waals surface area (Å²) in [6.45, 7) is 7.24. The highest BCUT2D eigenvalue weighted by Gasteiger charge is 2.06. The van der Waals surface area contributed by atoms with Crippen molar-refractivity contribution in [3.05, 3.63) is 12.7 Å². The van der Waals surface area contributed by atoms with Crippen LogP contribution in [0.5, 0.6) is 0 Å². The minimum absolute atomic E-state index is 0. The zero-order chi connectivity index (χ0) is 14.9. The number of hydrogen-bond acceptors (Lipinski definition) is 2. The summed E-state index contributed by atoms with van der Waals surface area (Å²) in [4.78, 5) is 0. The van der Waals surface area contributed by atoms with Gasteiger partial charge in [0.1, 0.15) is 0 Å². The van der Waals surface area contributed by atoms with E-state index < -0.39 is 0 Å². The number of hydrogen-bond donors (Lipinski definition) is 0.